The van der Waals surface area contributed by atoms with Gasteiger partial charge in [0.1, 0.15) is 0 Å². The van der Waals surface area contributed by atoms with Crippen LogP contribution < -0.4 is 56.5 Å². The van der Waals surface area contributed by atoms with Crippen molar-refractivity contribution < 1.29 is 61.2 Å². The fourth-order valence-electron chi connectivity index (χ4n) is 0.235. The van der Waals surface area contributed by atoms with Gasteiger partial charge in [0, 0.05) is 6.61 Å². The van der Waals surface area contributed by atoms with Crippen LogP contribution >= 0.6 is 0 Å². The van der Waals surface area contributed by atoms with Gasteiger partial charge >= 0.3 is 51.4 Å². The zero-order valence-electron chi connectivity index (χ0n) is 5.10. The second-order valence-corrected chi connectivity index (χ2v) is 1.02. The van der Waals surface area contributed by atoms with Crippen LogP contribution in [0, 0.1) is 0 Å². The van der Waals surface area contributed by atoms with Crippen molar-refractivity contribution in [2.45, 2.75) is 20.1 Å². The first kappa shape index (κ1) is 11.4. The predicted molar refractivity (Wildman–Crippen MR) is 21.1 cm³/mol. The van der Waals surface area contributed by atoms with Crippen molar-refractivity contribution >= 4 is 0 Å². The summed E-state index contributed by atoms with van der Waals surface area (Å²) in [6.45, 7) is 3.79. The SMILES string of the molecule is CCOC(C)[O-].[K+]. The second-order valence-electron chi connectivity index (χ2n) is 1.02. The molecule has 0 N–H and O–H groups in total. The maximum absolute atomic E-state index is 9.90. The zero-order chi connectivity index (χ0) is 4.99. The molecule has 0 bridgehead atoms. The van der Waals surface area contributed by atoms with Gasteiger partial charge in [0.2, 0.25) is 0 Å². The molecule has 0 spiro atoms. The van der Waals surface area contributed by atoms with Crippen molar-refractivity contribution in [3.63, 3.8) is 0 Å². The molecule has 1 atom stereocenters. The Morgan fingerprint density at radius 3 is 2.14 bits per heavy atom. The topological polar surface area (TPSA) is 32.3 Å². The maximum Gasteiger partial charge on any atom is 1.00 e. The average molecular weight is 128 g/mol. The molecule has 0 aliphatic heterocycles. The Hall–Kier alpha value is 1.56. The van der Waals surface area contributed by atoms with Gasteiger partial charge in [-0.3, -0.25) is 0 Å². The first-order chi connectivity index (χ1) is 2.77. The fourth-order valence-corrected chi connectivity index (χ4v) is 0.235. The molecule has 3 heteroatoms. The minimum atomic E-state index is -0.852. The van der Waals surface area contributed by atoms with Crippen LogP contribution in [-0.2, 0) is 4.74 Å². The fraction of sp³-hybridized carbons (Fsp3) is 1.00. The number of hydrogen-bond donors (Lipinski definition) is 0. The Labute approximate surface area is 86.7 Å². The van der Waals surface area contributed by atoms with E-state index in [-0.39, 0.29) is 51.4 Å². The van der Waals surface area contributed by atoms with Gasteiger partial charge in [0.05, 0.1) is 0 Å². The number of ether oxygens (including phenoxy) is 1. The Morgan fingerprint density at radius 1 is 1.71 bits per heavy atom. The van der Waals surface area contributed by atoms with Gasteiger partial charge < -0.3 is 9.84 Å². The van der Waals surface area contributed by atoms with Crippen LogP contribution in [-0.4, -0.2) is 12.9 Å². The average Bonchev–Trinajstić information content (AvgIpc) is 1.35. The van der Waals surface area contributed by atoms with Crippen molar-refractivity contribution in [3.8, 4) is 0 Å². The Kier molecular flexibility index (Phi) is 12.3. The normalized spacial score (nSPS) is 12.4. The first-order valence-electron chi connectivity index (χ1n) is 2.04. The Bertz CT molecular complexity index is 30.9. The summed E-state index contributed by atoms with van der Waals surface area (Å²) in [6, 6.07) is 0. The van der Waals surface area contributed by atoms with Crippen molar-refractivity contribution in [2.24, 2.45) is 0 Å². The molecule has 0 radical (unpaired) electrons. The van der Waals surface area contributed by atoms with E-state index in [2.05, 4.69) is 4.74 Å². The zero-order valence-corrected chi connectivity index (χ0v) is 8.22. The quantitative estimate of drug-likeness (QED) is 0.289. The Balaban J connectivity index is 0. The van der Waals surface area contributed by atoms with Crippen LogP contribution in [0.25, 0.3) is 0 Å². The molecule has 0 aliphatic carbocycles. The van der Waals surface area contributed by atoms with Gasteiger partial charge in [0.15, 0.2) is 0 Å². The van der Waals surface area contributed by atoms with Gasteiger partial charge in [-0.1, -0.05) is 6.92 Å². The van der Waals surface area contributed by atoms with Crippen LogP contribution in [0.15, 0.2) is 0 Å². The molecule has 0 aromatic rings. The van der Waals surface area contributed by atoms with Crippen LogP contribution in [0.4, 0.5) is 0 Å². The molecule has 0 saturated carbocycles. The van der Waals surface area contributed by atoms with Crippen LogP contribution in [0.5, 0.6) is 0 Å². The van der Waals surface area contributed by atoms with Crippen LogP contribution in [0.1, 0.15) is 13.8 Å². The van der Waals surface area contributed by atoms with E-state index in [1.807, 2.05) is 0 Å². The Morgan fingerprint density at radius 2 is 2.14 bits per heavy atom. The standard InChI is InChI=1S/C4H9O2.K/c1-3-6-4(2)5;/h4H,3H2,1-2H3;/q-1;+1. The molecule has 0 heterocycles. The molecular weight excluding hydrogens is 119 g/mol. The molecular formula is C4H9KO2. The molecule has 0 amide bonds. The predicted octanol–water partition coefficient (Wildman–Crippen LogP) is -3.27. The van der Waals surface area contributed by atoms with Gasteiger partial charge in [-0.05, 0) is 13.2 Å². The monoisotopic (exact) mass is 128 g/mol. The van der Waals surface area contributed by atoms with Gasteiger partial charge in [-0.25, -0.2) is 0 Å². The molecule has 0 saturated heterocycles. The summed E-state index contributed by atoms with van der Waals surface area (Å²) in [7, 11) is 0. The van der Waals surface area contributed by atoms with E-state index in [0.717, 1.165) is 0 Å². The van der Waals surface area contributed by atoms with Crippen molar-refractivity contribution in [1.82, 2.24) is 0 Å². The third-order valence-electron chi connectivity index (χ3n) is 0.401. The van der Waals surface area contributed by atoms with E-state index in [4.69, 9.17) is 0 Å². The van der Waals surface area contributed by atoms with E-state index in [1.54, 1.807) is 6.92 Å². The van der Waals surface area contributed by atoms with E-state index in [9.17, 15) is 5.11 Å². The smallest absolute Gasteiger partial charge is 0.831 e. The molecule has 2 nitrogen and oxygen atoms in total. The third-order valence-corrected chi connectivity index (χ3v) is 0.401. The third kappa shape index (κ3) is 11.2. The summed E-state index contributed by atoms with van der Waals surface area (Å²) in [4.78, 5) is 0. The van der Waals surface area contributed by atoms with E-state index in [1.165, 1.54) is 6.92 Å². The maximum atomic E-state index is 9.90. The molecule has 0 rings (SSSR count). The molecule has 38 valence electrons. The summed E-state index contributed by atoms with van der Waals surface area (Å²) in [6.07, 6.45) is -0.852. The molecule has 0 aromatic carbocycles. The van der Waals surface area contributed by atoms with Crippen LogP contribution in [0.3, 0.4) is 0 Å². The number of rotatable bonds is 2. The van der Waals surface area contributed by atoms with Crippen molar-refractivity contribution in [3.05, 3.63) is 0 Å². The summed E-state index contributed by atoms with van der Waals surface area (Å²) in [5.41, 5.74) is 0. The molecule has 7 heavy (non-hydrogen) atoms. The largest absolute Gasteiger partial charge is 1.00 e. The minimum absolute atomic E-state index is 0. The van der Waals surface area contributed by atoms with Gasteiger partial charge in [0.25, 0.3) is 0 Å². The van der Waals surface area contributed by atoms with E-state index < -0.39 is 6.29 Å². The van der Waals surface area contributed by atoms with Crippen molar-refractivity contribution in [2.75, 3.05) is 6.61 Å². The number of hydrogen-bond acceptors (Lipinski definition) is 2. The minimum Gasteiger partial charge on any atom is -0.831 e. The summed E-state index contributed by atoms with van der Waals surface area (Å²) in [5.74, 6) is 0. The van der Waals surface area contributed by atoms with E-state index >= 15 is 0 Å². The summed E-state index contributed by atoms with van der Waals surface area (Å²) < 4.78 is 4.49. The molecule has 0 fully saturated rings. The summed E-state index contributed by atoms with van der Waals surface area (Å²) >= 11 is 0. The molecule has 0 aromatic heterocycles. The van der Waals surface area contributed by atoms with E-state index in [0.29, 0.717) is 6.61 Å². The second kappa shape index (κ2) is 7.56. The summed E-state index contributed by atoms with van der Waals surface area (Å²) in [5, 5.41) is 9.90. The van der Waals surface area contributed by atoms with Gasteiger partial charge in [-0.2, -0.15) is 0 Å². The van der Waals surface area contributed by atoms with Gasteiger partial charge in [-0.15, -0.1) is 0 Å². The molecule has 0 aliphatic rings. The first-order valence-corrected chi connectivity index (χ1v) is 2.04. The van der Waals surface area contributed by atoms with Crippen LogP contribution in [0.2, 0.25) is 0 Å². The van der Waals surface area contributed by atoms with Crippen molar-refractivity contribution in [1.29, 1.82) is 0 Å². The molecule has 1 unspecified atom stereocenters.